The number of Topliss-reactive ketones (excluding diaryl/α,β-unsaturated/α-hetero) is 4. The zero-order chi connectivity index (χ0) is 48.8. The van der Waals surface area contributed by atoms with Gasteiger partial charge in [0.05, 0.1) is 5.92 Å². The zero-order valence-corrected chi connectivity index (χ0v) is 41.7. The van der Waals surface area contributed by atoms with E-state index in [1.165, 1.54) is 0 Å². The van der Waals surface area contributed by atoms with E-state index in [0.29, 0.717) is 75.3 Å². The van der Waals surface area contributed by atoms with Crippen molar-refractivity contribution in [3.8, 4) is 0 Å². The summed E-state index contributed by atoms with van der Waals surface area (Å²) in [4.78, 5) is 83.9. The van der Waals surface area contributed by atoms with Gasteiger partial charge in [-0.1, -0.05) is 231 Å². The molecule has 0 N–H and O–H groups in total. The molecule has 5 heteroatoms. The van der Waals surface area contributed by atoms with E-state index < -0.39 is 57.8 Å². The van der Waals surface area contributed by atoms with E-state index in [4.69, 9.17) is 0 Å². The number of hydrogen-bond donors (Lipinski definition) is 0. The van der Waals surface area contributed by atoms with Crippen molar-refractivity contribution in [1.82, 2.24) is 0 Å². The highest BCUT2D eigenvalue weighted by Crippen LogP contribution is 2.58. The van der Waals surface area contributed by atoms with Gasteiger partial charge in [0.1, 0.15) is 16.6 Å². The normalized spacial score (nSPS) is 15.0. The van der Waals surface area contributed by atoms with Gasteiger partial charge < -0.3 is 0 Å². The van der Waals surface area contributed by atoms with Gasteiger partial charge in [-0.05, 0) is 85.6 Å². The second kappa shape index (κ2) is 27.4. The minimum absolute atomic E-state index is 0.254. The Balaban J connectivity index is 2.05. The lowest BCUT2D eigenvalue weighted by molar-refractivity contribution is -0.165. The van der Waals surface area contributed by atoms with Gasteiger partial charge in [-0.25, -0.2) is 0 Å². The highest BCUT2D eigenvalue weighted by Gasteiger charge is 2.72. The van der Waals surface area contributed by atoms with E-state index in [1.54, 1.807) is 0 Å². The second-order valence-electron chi connectivity index (χ2n) is 19.3. The molecule has 0 fully saturated rings. The Hall–Kier alpha value is -5.55. The Morgan fingerprint density at radius 3 is 1.25 bits per heavy atom. The summed E-state index contributed by atoms with van der Waals surface area (Å²) in [6.07, 6.45) is 10.7. The third-order valence-electron chi connectivity index (χ3n) is 14.5. The monoisotopic (exact) mass is 914 g/mol. The Labute approximate surface area is 409 Å². The summed E-state index contributed by atoms with van der Waals surface area (Å²) in [6, 6.07) is 48.1. The molecule has 6 atom stereocenters. The molecular weight excluding hydrogens is 837 g/mol. The van der Waals surface area contributed by atoms with E-state index in [-0.39, 0.29) is 25.0 Å². The Morgan fingerprint density at radius 2 is 0.824 bits per heavy atom. The Morgan fingerprint density at radius 1 is 0.426 bits per heavy atom. The molecule has 0 saturated heterocycles. The van der Waals surface area contributed by atoms with Gasteiger partial charge in [0.15, 0.2) is 17.3 Å². The minimum Gasteiger partial charge on any atom is -0.299 e. The number of rotatable bonds is 32. The lowest BCUT2D eigenvalue weighted by Gasteiger charge is -2.52. The van der Waals surface area contributed by atoms with E-state index in [1.807, 2.05) is 159 Å². The summed E-state index contributed by atoms with van der Waals surface area (Å²) >= 11 is 0. The van der Waals surface area contributed by atoms with Crippen LogP contribution in [0.3, 0.4) is 0 Å². The predicted molar refractivity (Wildman–Crippen MR) is 278 cm³/mol. The molecule has 0 spiro atoms. The molecule has 1 radical (unpaired) electrons. The number of hydrogen-bond acceptors (Lipinski definition) is 5. The van der Waals surface area contributed by atoms with Crippen LogP contribution in [0.25, 0.3) is 0 Å². The standard InChI is InChI=1S/C63H77O5/c1-6-11-18-42-55(44-49-33-21-14-22-34-49)59(66)62(47-64,46-51-37-25-16-26-38-51)63(60(67)52(10-5)43-48-31-19-13-20-32-48,61(68)56(39-12-7-2)45-50-35-23-15-24-36-50)57(53-40-27-17-28-41-53)58(65)54(29-8-3)30-9-4/h13-17,19-28,31-38,40-41,52,54-57H,6-12,18,29-30,39,42-46H2,1-5H3. The fourth-order valence-corrected chi connectivity index (χ4v) is 11.1. The van der Waals surface area contributed by atoms with Crippen LogP contribution in [0.1, 0.15) is 145 Å². The van der Waals surface area contributed by atoms with Crippen molar-refractivity contribution in [3.05, 3.63) is 179 Å². The van der Waals surface area contributed by atoms with Gasteiger partial charge in [0.2, 0.25) is 6.29 Å². The van der Waals surface area contributed by atoms with Crippen molar-refractivity contribution in [2.24, 2.45) is 34.5 Å². The number of benzene rings is 5. The Bertz CT molecular complexity index is 2270. The van der Waals surface area contributed by atoms with Crippen LogP contribution in [0, 0.1) is 34.5 Å². The van der Waals surface area contributed by atoms with Gasteiger partial charge in [-0.15, -0.1) is 0 Å². The molecule has 0 heterocycles. The quantitative estimate of drug-likeness (QED) is 0.0317. The van der Waals surface area contributed by atoms with E-state index in [0.717, 1.165) is 36.0 Å². The molecule has 5 nitrogen and oxygen atoms in total. The van der Waals surface area contributed by atoms with Crippen LogP contribution in [0.5, 0.6) is 0 Å². The molecule has 0 aliphatic rings. The molecular formula is C63H77O5. The average molecular weight is 914 g/mol. The topological polar surface area (TPSA) is 85.3 Å². The SMILES string of the molecule is CCCCCC(Cc1ccccc1)C(=O)C([C]=O)(Cc1ccccc1)C(C(=O)C(CC)Cc1ccccc1)(C(=O)C(CCCC)Cc1ccccc1)C(C(=O)C(CCC)CCC)c1ccccc1. The smallest absolute Gasteiger partial charge is 0.214 e. The average Bonchev–Trinajstić information content (AvgIpc) is 3.38. The molecule has 0 saturated carbocycles. The third kappa shape index (κ3) is 12.9. The molecule has 0 aromatic heterocycles. The van der Waals surface area contributed by atoms with Crippen molar-refractivity contribution < 1.29 is 24.0 Å². The fourth-order valence-electron chi connectivity index (χ4n) is 11.1. The summed E-state index contributed by atoms with van der Waals surface area (Å²) in [6.45, 7) is 10.3. The van der Waals surface area contributed by atoms with Crippen LogP contribution < -0.4 is 0 Å². The molecule has 0 bridgehead atoms. The Kier molecular flexibility index (Phi) is 21.6. The molecule has 0 aliphatic heterocycles. The maximum Gasteiger partial charge on any atom is 0.214 e. The fraction of sp³-hybridized carbons (Fsp3) is 0.444. The molecule has 0 amide bonds. The van der Waals surface area contributed by atoms with E-state index >= 15 is 24.0 Å². The molecule has 6 unspecified atom stereocenters. The molecule has 5 aromatic rings. The first kappa shape index (κ1) is 53.4. The number of carbonyl (C=O) groups is 4. The van der Waals surface area contributed by atoms with Crippen LogP contribution in [-0.4, -0.2) is 29.4 Å². The lowest BCUT2D eigenvalue weighted by Crippen LogP contribution is -2.67. The second-order valence-corrected chi connectivity index (χ2v) is 19.3. The number of unbranched alkanes of at least 4 members (excludes halogenated alkanes) is 3. The van der Waals surface area contributed by atoms with Gasteiger partial charge >= 0.3 is 0 Å². The van der Waals surface area contributed by atoms with E-state index in [2.05, 4.69) is 34.0 Å². The van der Waals surface area contributed by atoms with Crippen molar-refractivity contribution in [1.29, 1.82) is 0 Å². The van der Waals surface area contributed by atoms with Crippen molar-refractivity contribution in [2.75, 3.05) is 0 Å². The first-order valence-corrected chi connectivity index (χ1v) is 25.9. The summed E-state index contributed by atoms with van der Waals surface area (Å²) < 4.78 is 0. The van der Waals surface area contributed by atoms with Crippen LogP contribution in [0.4, 0.5) is 0 Å². The van der Waals surface area contributed by atoms with Crippen LogP contribution in [0.2, 0.25) is 0 Å². The first-order chi connectivity index (χ1) is 33.1. The van der Waals surface area contributed by atoms with Gasteiger partial charge in [-0.2, -0.15) is 0 Å². The molecule has 5 rings (SSSR count). The van der Waals surface area contributed by atoms with Crippen molar-refractivity contribution in [2.45, 2.75) is 143 Å². The highest BCUT2D eigenvalue weighted by molar-refractivity contribution is 6.22. The van der Waals surface area contributed by atoms with E-state index in [9.17, 15) is 0 Å². The maximum atomic E-state index is 17.5. The summed E-state index contributed by atoms with van der Waals surface area (Å²) in [5.41, 5.74) is -1.08. The first-order valence-electron chi connectivity index (χ1n) is 25.9. The maximum absolute atomic E-state index is 17.5. The zero-order valence-electron chi connectivity index (χ0n) is 41.7. The summed E-state index contributed by atoms with van der Waals surface area (Å²) in [5.74, 6) is -6.11. The number of ketones is 4. The van der Waals surface area contributed by atoms with Gasteiger partial charge in [-0.3, -0.25) is 24.0 Å². The predicted octanol–water partition coefficient (Wildman–Crippen LogP) is 14.3. The van der Waals surface area contributed by atoms with Crippen LogP contribution in [0.15, 0.2) is 152 Å². The number of carbonyl (C=O) groups excluding carboxylic acids is 5. The van der Waals surface area contributed by atoms with Crippen molar-refractivity contribution in [3.63, 3.8) is 0 Å². The molecule has 68 heavy (non-hydrogen) atoms. The molecule has 0 aliphatic carbocycles. The third-order valence-corrected chi connectivity index (χ3v) is 14.5. The highest BCUT2D eigenvalue weighted by atomic mass is 16.2. The largest absolute Gasteiger partial charge is 0.299 e. The molecule has 359 valence electrons. The van der Waals surface area contributed by atoms with Gasteiger partial charge in [0, 0.05) is 23.7 Å². The van der Waals surface area contributed by atoms with Crippen LogP contribution >= 0.6 is 0 Å². The molecule has 5 aromatic carbocycles. The summed E-state index contributed by atoms with van der Waals surface area (Å²) in [5, 5.41) is 0. The van der Waals surface area contributed by atoms with Gasteiger partial charge in [0.25, 0.3) is 0 Å². The minimum atomic E-state index is -2.50. The summed E-state index contributed by atoms with van der Waals surface area (Å²) in [7, 11) is 0. The lowest BCUT2D eigenvalue weighted by atomic mass is 9.44. The van der Waals surface area contributed by atoms with Crippen molar-refractivity contribution >= 4 is 29.4 Å². The van der Waals surface area contributed by atoms with Crippen LogP contribution in [-0.2, 0) is 49.7 Å².